The summed E-state index contributed by atoms with van der Waals surface area (Å²) in [6, 6.07) is 15.4. The lowest BCUT2D eigenvalue weighted by molar-refractivity contribution is -0.114. The summed E-state index contributed by atoms with van der Waals surface area (Å²) >= 11 is 0. The Morgan fingerprint density at radius 1 is 1.16 bits per heavy atom. The van der Waals surface area contributed by atoms with Crippen molar-refractivity contribution in [1.82, 2.24) is 9.78 Å². The van der Waals surface area contributed by atoms with Crippen LogP contribution < -0.4 is 16.4 Å². The number of nitrogens with zero attached hydrogens (tertiary/aromatic N) is 3. The molecule has 0 bridgehead atoms. The second kappa shape index (κ2) is 9.90. The van der Waals surface area contributed by atoms with Crippen LogP contribution in [-0.2, 0) is 11.3 Å². The number of hydrogen-bond donors (Lipinski definition) is 4. The number of carbonyl (C=O) groups excluding carboxylic acids is 1. The zero-order chi connectivity index (χ0) is 22.4. The molecule has 1 heterocycles. The van der Waals surface area contributed by atoms with E-state index < -0.39 is 0 Å². The lowest BCUT2D eigenvalue weighted by Gasteiger charge is -2.15. The van der Waals surface area contributed by atoms with Crippen molar-refractivity contribution in [2.45, 2.75) is 27.3 Å². The number of rotatable bonds is 8. The van der Waals surface area contributed by atoms with Crippen molar-refractivity contribution in [1.29, 1.82) is 0 Å². The van der Waals surface area contributed by atoms with E-state index >= 15 is 0 Å². The van der Waals surface area contributed by atoms with Gasteiger partial charge in [0.15, 0.2) is 0 Å². The van der Waals surface area contributed by atoms with Gasteiger partial charge in [-0.1, -0.05) is 36.4 Å². The summed E-state index contributed by atoms with van der Waals surface area (Å²) < 4.78 is 1.56. The minimum Gasteiger partial charge on any atom is -0.394 e. The Bertz CT molecular complexity index is 1090. The highest BCUT2D eigenvalue weighted by molar-refractivity contribution is 6.03. The Kier molecular flexibility index (Phi) is 7.04. The smallest absolute Gasteiger partial charge is 0.221 e. The van der Waals surface area contributed by atoms with Crippen LogP contribution in [-0.4, -0.2) is 39.7 Å². The van der Waals surface area contributed by atoms with E-state index in [1.165, 1.54) is 6.92 Å². The van der Waals surface area contributed by atoms with Gasteiger partial charge in [-0.15, -0.1) is 0 Å². The predicted octanol–water partition coefficient (Wildman–Crippen LogP) is 3.66. The summed E-state index contributed by atoms with van der Waals surface area (Å²) in [6.07, 6.45) is 0. The maximum absolute atomic E-state index is 11.8. The SMILES string of the molecule is CCN=C(C)c1ccc(Nc2c(-c3ccccc3)nn(CCO)c2N)c(NC(C)=O)c1. The van der Waals surface area contributed by atoms with Crippen LogP contribution in [0.25, 0.3) is 11.3 Å². The van der Waals surface area contributed by atoms with Crippen molar-refractivity contribution >= 4 is 34.5 Å². The van der Waals surface area contributed by atoms with Crippen LogP contribution in [0.2, 0.25) is 0 Å². The highest BCUT2D eigenvalue weighted by Crippen LogP contribution is 2.37. The number of nitrogens with one attached hydrogen (secondary N) is 2. The van der Waals surface area contributed by atoms with Gasteiger partial charge in [0.05, 0.1) is 24.5 Å². The number of nitrogens with two attached hydrogens (primary N) is 1. The molecule has 8 nitrogen and oxygen atoms in total. The molecule has 0 aliphatic rings. The third kappa shape index (κ3) is 5.10. The fourth-order valence-electron chi connectivity index (χ4n) is 3.30. The van der Waals surface area contributed by atoms with Crippen LogP contribution in [0.1, 0.15) is 26.3 Å². The zero-order valence-corrected chi connectivity index (χ0v) is 18.0. The van der Waals surface area contributed by atoms with Crippen LogP contribution in [0.3, 0.4) is 0 Å². The molecule has 162 valence electrons. The molecule has 0 saturated carbocycles. The fraction of sp³-hybridized carbons (Fsp3) is 0.261. The molecule has 2 aromatic carbocycles. The molecule has 0 radical (unpaired) electrons. The molecule has 3 aromatic rings. The number of aromatic nitrogens is 2. The van der Waals surface area contributed by atoms with E-state index in [1.807, 2.05) is 62.4 Å². The lowest BCUT2D eigenvalue weighted by atomic mass is 10.1. The molecule has 0 aliphatic heterocycles. The Balaban J connectivity index is 2.09. The number of aliphatic hydroxyl groups excluding tert-OH is 1. The summed E-state index contributed by atoms with van der Waals surface area (Å²) in [6.45, 7) is 6.26. The quantitative estimate of drug-likeness (QED) is 0.415. The first-order valence-corrected chi connectivity index (χ1v) is 10.2. The molecule has 5 N–H and O–H groups in total. The molecule has 0 aliphatic carbocycles. The zero-order valence-electron chi connectivity index (χ0n) is 18.0. The van der Waals surface area contributed by atoms with Gasteiger partial charge >= 0.3 is 0 Å². The van der Waals surface area contributed by atoms with Gasteiger partial charge in [0, 0.05) is 24.7 Å². The van der Waals surface area contributed by atoms with Crippen molar-refractivity contribution in [3.8, 4) is 11.3 Å². The van der Waals surface area contributed by atoms with Crippen molar-refractivity contribution < 1.29 is 9.90 Å². The lowest BCUT2D eigenvalue weighted by Crippen LogP contribution is -2.10. The van der Waals surface area contributed by atoms with Crippen molar-refractivity contribution in [2.24, 2.45) is 4.99 Å². The summed E-state index contributed by atoms with van der Waals surface area (Å²) in [7, 11) is 0. The van der Waals surface area contributed by atoms with Crippen LogP contribution in [0.15, 0.2) is 53.5 Å². The van der Waals surface area contributed by atoms with Crippen LogP contribution in [0.4, 0.5) is 22.9 Å². The first-order chi connectivity index (χ1) is 14.9. The Morgan fingerprint density at radius 2 is 1.90 bits per heavy atom. The van der Waals surface area contributed by atoms with E-state index in [2.05, 4.69) is 20.7 Å². The van der Waals surface area contributed by atoms with E-state index in [0.29, 0.717) is 35.1 Å². The molecule has 0 spiro atoms. The van der Waals surface area contributed by atoms with Gasteiger partial charge in [0.25, 0.3) is 0 Å². The number of carbonyl (C=O) groups is 1. The van der Waals surface area contributed by atoms with E-state index in [0.717, 1.165) is 16.8 Å². The van der Waals surface area contributed by atoms with Crippen molar-refractivity contribution in [2.75, 3.05) is 29.5 Å². The first kappa shape index (κ1) is 22.0. The molecule has 1 amide bonds. The number of hydrogen-bond acceptors (Lipinski definition) is 6. The summed E-state index contributed by atoms with van der Waals surface area (Å²) in [5.74, 6) is 0.215. The maximum Gasteiger partial charge on any atom is 0.221 e. The second-order valence-corrected chi connectivity index (χ2v) is 7.05. The summed E-state index contributed by atoms with van der Waals surface area (Å²) in [5, 5.41) is 20.2. The molecule has 0 unspecified atom stereocenters. The predicted molar refractivity (Wildman–Crippen MR) is 126 cm³/mol. The molecule has 3 rings (SSSR count). The van der Waals surface area contributed by atoms with Gasteiger partial charge in [0.1, 0.15) is 17.2 Å². The number of anilines is 4. The van der Waals surface area contributed by atoms with Gasteiger partial charge in [-0.3, -0.25) is 9.79 Å². The second-order valence-electron chi connectivity index (χ2n) is 7.05. The summed E-state index contributed by atoms with van der Waals surface area (Å²) in [5.41, 5.74) is 11.6. The average molecular weight is 421 g/mol. The number of amides is 1. The van der Waals surface area contributed by atoms with Crippen molar-refractivity contribution in [3.05, 3.63) is 54.1 Å². The first-order valence-electron chi connectivity index (χ1n) is 10.2. The molecule has 31 heavy (non-hydrogen) atoms. The van der Waals surface area contributed by atoms with Crippen molar-refractivity contribution in [3.63, 3.8) is 0 Å². The third-order valence-electron chi connectivity index (χ3n) is 4.75. The topological polar surface area (TPSA) is 118 Å². The fourth-order valence-corrected chi connectivity index (χ4v) is 3.30. The van der Waals surface area contributed by atoms with E-state index in [9.17, 15) is 9.90 Å². The molecular weight excluding hydrogens is 392 g/mol. The number of nitrogen functional groups attached to an aromatic ring is 1. The monoisotopic (exact) mass is 420 g/mol. The Labute approximate surface area is 181 Å². The highest BCUT2D eigenvalue weighted by atomic mass is 16.3. The minimum atomic E-state index is -0.183. The molecule has 0 saturated heterocycles. The van der Waals surface area contributed by atoms with Crippen LogP contribution in [0.5, 0.6) is 0 Å². The van der Waals surface area contributed by atoms with Crippen LogP contribution >= 0.6 is 0 Å². The summed E-state index contributed by atoms with van der Waals surface area (Å²) in [4.78, 5) is 16.3. The largest absolute Gasteiger partial charge is 0.394 e. The molecule has 1 aromatic heterocycles. The van der Waals surface area contributed by atoms with Gasteiger partial charge in [-0.2, -0.15) is 5.10 Å². The number of benzene rings is 2. The van der Waals surface area contributed by atoms with Gasteiger partial charge < -0.3 is 21.5 Å². The minimum absolute atomic E-state index is 0.0819. The third-order valence-corrected chi connectivity index (χ3v) is 4.75. The number of aliphatic imine (C=N–C) groups is 1. The van der Waals surface area contributed by atoms with Gasteiger partial charge in [0.2, 0.25) is 5.91 Å². The number of aliphatic hydroxyl groups is 1. The average Bonchev–Trinajstić information content (AvgIpc) is 3.05. The van der Waals surface area contributed by atoms with Gasteiger partial charge in [-0.25, -0.2) is 4.68 Å². The molecular formula is C23H28N6O2. The highest BCUT2D eigenvalue weighted by Gasteiger charge is 2.19. The molecule has 0 fully saturated rings. The van der Waals surface area contributed by atoms with Gasteiger partial charge in [-0.05, 0) is 31.5 Å². The normalized spacial score (nSPS) is 11.4. The maximum atomic E-state index is 11.8. The molecule has 8 heteroatoms. The Morgan fingerprint density at radius 3 is 2.55 bits per heavy atom. The standard InChI is InChI=1S/C23H28N6O2/c1-4-25-15(2)18-10-11-19(20(14-18)26-16(3)31)27-22-21(17-8-6-5-7-9-17)28-29(12-13-30)23(22)24/h5-11,14,27,30H,4,12-13,24H2,1-3H3,(H,26,31). The Hall–Kier alpha value is -3.65. The van der Waals surface area contributed by atoms with Crippen LogP contribution in [0, 0.1) is 0 Å². The van der Waals surface area contributed by atoms with E-state index in [4.69, 9.17) is 5.73 Å². The molecule has 0 atom stereocenters. The van der Waals surface area contributed by atoms with E-state index in [-0.39, 0.29) is 19.1 Å². The van der Waals surface area contributed by atoms with E-state index in [1.54, 1.807) is 4.68 Å².